The van der Waals surface area contributed by atoms with Crippen molar-refractivity contribution in [2.75, 3.05) is 0 Å². The van der Waals surface area contributed by atoms with Gasteiger partial charge in [-0.3, -0.25) is 0 Å². The molecule has 62 valence electrons. The average molecular weight is 159 g/mol. The smallest absolute Gasteiger partial charge is 0.0253 e. The monoisotopic (exact) mass is 159 g/mol. The molecule has 0 aliphatic heterocycles. The standard InChI is InChI=1S/C11H13N/c1-2-6-11(9-12)10-7-4-3-5-8-10/h3-9,12H,2H2,1H3/b11-6+,12-9?. The van der Waals surface area contributed by atoms with Gasteiger partial charge in [0.2, 0.25) is 0 Å². The van der Waals surface area contributed by atoms with Gasteiger partial charge < -0.3 is 5.41 Å². The second-order valence-electron chi connectivity index (χ2n) is 2.58. The van der Waals surface area contributed by atoms with Crippen molar-refractivity contribution < 1.29 is 0 Å². The molecule has 0 radical (unpaired) electrons. The highest BCUT2D eigenvalue weighted by atomic mass is 14.3. The van der Waals surface area contributed by atoms with E-state index in [1.807, 2.05) is 30.3 Å². The van der Waals surface area contributed by atoms with Gasteiger partial charge in [0.1, 0.15) is 0 Å². The molecule has 1 aromatic rings. The number of benzene rings is 1. The van der Waals surface area contributed by atoms with Crippen LogP contribution in [0.4, 0.5) is 0 Å². The third-order valence-electron chi connectivity index (χ3n) is 1.69. The molecule has 0 spiro atoms. The van der Waals surface area contributed by atoms with Crippen LogP contribution < -0.4 is 0 Å². The van der Waals surface area contributed by atoms with Gasteiger partial charge in [-0.15, -0.1) is 0 Å². The van der Waals surface area contributed by atoms with Crippen molar-refractivity contribution in [3.05, 3.63) is 42.0 Å². The zero-order valence-electron chi connectivity index (χ0n) is 7.25. The minimum atomic E-state index is 0.972. The molecule has 0 heterocycles. The second-order valence-corrected chi connectivity index (χ2v) is 2.58. The Morgan fingerprint density at radius 1 is 1.33 bits per heavy atom. The van der Waals surface area contributed by atoms with E-state index >= 15 is 0 Å². The molecule has 0 saturated heterocycles. The molecular formula is C11H13N. The molecule has 0 saturated carbocycles. The van der Waals surface area contributed by atoms with Crippen molar-refractivity contribution in [2.24, 2.45) is 0 Å². The van der Waals surface area contributed by atoms with Gasteiger partial charge in [-0.2, -0.15) is 0 Å². The van der Waals surface area contributed by atoms with Crippen LogP contribution in [0.15, 0.2) is 36.4 Å². The highest BCUT2D eigenvalue weighted by molar-refractivity contribution is 6.08. The lowest BCUT2D eigenvalue weighted by Gasteiger charge is -1.99. The maximum absolute atomic E-state index is 7.21. The van der Waals surface area contributed by atoms with Gasteiger partial charge in [0.15, 0.2) is 0 Å². The Hall–Kier alpha value is -1.37. The van der Waals surface area contributed by atoms with E-state index in [1.54, 1.807) is 0 Å². The Bertz CT molecular complexity index is 272. The van der Waals surface area contributed by atoms with Crippen LogP contribution in [0.25, 0.3) is 5.57 Å². The van der Waals surface area contributed by atoms with Crippen molar-refractivity contribution in [3.63, 3.8) is 0 Å². The van der Waals surface area contributed by atoms with E-state index in [4.69, 9.17) is 5.41 Å². The zero-order chi connectivity index (χ0) is 8.81. The molecular weight excluding hydrogens is 146 g/mol. The lowest BCUT2D eigenvalue weighted by Crippen LogP contribution is -1.83. The first-order chi connectivity index (χ1) is 5.88. The maximum atomic E-state index is 7.21. The van der Waals surface area contributed by atoms with Crippen LogP contribution in [0.5, 0.6) is 0 Å². The van der Waals surface area contributed by atoms with Crippen molar-refractivity contribution in [3.8, 4) is 0 Å². The third kappa shape index (κ3) is 2.06. The summed E-state index contributed by atoms with van der Waals surface area (Å²) in [4.78, 5) is 0. The molecule has 1 N–H and O–H groups in total. The molecule has 0 amide bonds. The van der Waals surface area contributed by atoms with Gasteiger partial charge in [0, 0.05) is 6.21 Å². The van der Waals surface area contributed by atoms with Gasteiger partial charge in [0.25, 0.3) is 0 Å². The van der Waals surface area contributed by atoms with Crippen molar-refractivity contribution in [1.29, 1.82) is 5.41 Å². The molecule has 1 aromatic carbocycles. The minimum Gasteiger partial charge on any atom is -0.308 e. The Labute approximate surface area is 73.3 Å². The van der Waals surface area contributed by atoms with Crippen LogP contribution in [0.3, 0.4) is 0 Å². The number of allylic oxidation sites excluding steroid dienone is 2. The largest absolute Gasteiger partial charge is 0.308 e. The zero-order valence-corrected chi connectivity index (χ0v) is 7.25. The fourth-order valence-electron chi connectivity index (χ4n) is 1.11. The van der Waals surface area contributed by atoms with Gasteiger partial charge in [0.05, 0.1) is 0 Å². The average Bonchev–Trinajstić information content (AvgIpc) is 2.15. The highest BCUT2D eigenvalue weighted by Crippen LogP contribution is 2.11. The minimum absolute atomic E-state index is 0.972. The number of rotatable bonds is 3. The fraction of sp³-hybridized carbons (Fsp3) is 0.182. The van der Waals surface area contributed by atoms with Crippen LogP contribution >= 0.6 is 0 Å². The van der Waals surface area contributed by atoms with E-state index in [-0.39, 0.29) is 0 Å². The van der Waals surface area contributed by atoms with Crippen molar-refractivity contribution in [2.45, 2.75) is 13.3 Å². The van der Waals surface area contributed by atoms with E-state index in [2.05, 4.69) is 13.0 Å². The van der Waals surface area contributed by atoms with Crippen LogP contribution in [0, 0.1) is 5.41 Å². The topological polar surface area (TPSA) is 23.9 Å². The first-order valence-corrected chi connectivity index (χ1v) is 4.14. The lowest BCUT2D eigenvalue weighted by atomic mass is 10.1. The third-order valence-corrected chi connectivity index (χ3v) is 1.69. The first-order valence-electron chi connectivity index (χ1n) is 4.14. The molecule has 12 heavy (non-hydrogen) atoms. The van der Waals surface area contributed by atoms with E-state index in [1.165, 1.54) is 6.21 Å². The number of hydrogen-bond acceptors (Lipinski definition) is 1. The quantitative estimate of drug-likeness (QED) is 0.655. The molecule has 0 fully saturated rings. The molecule has 1 rings (SSSR count). The molecule has 0 aliphatic rings. The SMILES string of the molecule is CC/C=C(\C=N)c1ccccc1. The van der Waals surface area contributed by atoms with Crippen LogP contribution in [0.2, 0.25) is 0 Å². The van der Waals surface area contributed by atoms with Gasteiger partial charge in [-0.1, -0.05) is 43.3 Å². The summed E-state index contributed by atoms with van der Waals surface area (Å²) in [6, 6.07) is 10.0. The summed E-state index contributed by atoms with van der Waals surface area (Å²) in [7, 11) is 0. The number of hydrogen-bond donors (Lipinski definition) is 1. The predicted molar refractivity (Wildman–Crippen MR) is 53.5 cm³/mol. The Morgan fingerprint density at radius 2 is 2.00 bits per heavy atom. The van der Waals surface area contributed by atoms with E-state index in [0.29, 0.717) is 0 Å². The van der Waals surface area contributed by atoms with E-state index < -0.39 is 0 Å². The summed E-state index contributed by atoms with van der Waals surface area (Å²) in [5, 5.41) is 7.21. The molecule has 1 heteroatoms. The van der Waals surface area contributed by atoms with Crippen molar-refractivity contribution >= 4 is 11.8 Å². The Kier molecular flexibility index (Phi) is 3.27. The summed E-state index contributed by atoms with van der Waals surface area (Å²) >= 11 is 0. The Morgan fingerprint density at radius 3 is 2.50 bits per heavy atom. The fourth-order valence-corrected chi connectivity index (χ4v) is 1.11. The molecule has 0 unspecified atom stereocenters. The van der Waals surface area contributed by atoms with Crippen LogP contribution in [-0.2, 0) is 0 Å². The van der Waals surface area contributed by atoms with Crippen LogP contribution in [-0.4, -0.2) is 6.21 Å². The number of nitrogens with one attached hydrogen (secondary N) is 1. The Balaban J connectivity index is 2.96. The van der Waals surface area contributed by atoms with E-state index in [0.717, 1.165) is 17.6 Å². The summed E-state index contributed by atoms with van der Waals surface area (Å²) in [6.07, 6.45) is 4.43. The molecule has 1 nitrogen and oxygen atoms in total. The molecule has 0 bridgehead atoms. The van der Waals surface area contributed by atoms with Crippen molar-refractivity contribution in [1.82, 2.24) is 0 Å². The normalized spacial score (nSPS) is 11.2. The summed E-state index contributed by atoms with van der Waals surface area (Å²) in [6.45, 7) is 2.08. The summed E-state index contributed by atoms with van der Waals surface area (Å²) < 4.78 is 0. The van der Waals surface area contributed by atoms with Gasteiger partial charge in [-0.05, 0) is 17.6 Å². The molecule has 0 aliphatic carbocycles. The second kappa shape index (κ2) is 4.50. The lowest BCUT2D eigenvalue weighted by molar-refractivity contribution is 1.23. The summed E-state index contributed by atoms with van der Waals surface area (Å²) in [5.41, 5.74) is 2.12. The molecule has 0 atom stereocenters. The molecule has 0 aromatic heterocycles. The summed E-state index contributed by atoms with van der Waals surface area (Å²) in [5.74, 6) is 0. The van der Waals surface area contributed by atoms with Crippen LogP contribution in [0.1, 0.15) is 18.9 Å². The first kappa shape index (κ1) is 8.72. The van der Waals surface area contributed by atoms with Gasteiger partial charge in [-0.25, -0.2) is 0 Å². The van der Waals surface area contributed by atoms with Gasteiger partial charge >= 0.3 is 0 Å². The predicted octanol–water partition coefficient (Wildman–Crippen LogP) is 3.13. The maximum Gasteiger partial charge on any atom is 0.0253 e. The highest BCUT2D eigenvalue weighted by Gasteiger charge is 1.93. The van der Waals surface area contributed by atoms with E-state index in [9.17, 15) is 0 Å².